The van der Waals surface area contributed by atoms with Gasteiger partial charge in [0.05, 0.1) is 6.10 Å². The van der Waals surface area contributed by atoms with Crippen LogP contribution in [0.4, 0.5) is 0 Å². The van der Waals surface area contributed by atoms with E-state index in [1.165, 1.54) is 51.8 Å². The Morgan fingerprint density at radius 2 is 1.22 bits per heavy atom. The lowest BCUT2D eigenvalue weighted by Crippen LogP contribution is -2.77. The second-order valence-electron chi connectivity index (χ2n) is 13.2. The molecule has 3 aromatic rings. The molecule has 1 aliphatic heterocycles. The van der Waals surface area contributed by atoms with Gasteiger partial charge in [0.2, 0.25) is 0 Å². The maximum Gasteiger partial charge on any atom is 0.262 e. The molecule has 2 heteroatoms. The summed E-state index contributed by atoms with van der Waals surface area (Å²) in [5, 5.41) is 3.09. The average molecular weight is 497 g/mol. The lowest BCUT2D eigenvalue weighted by molar-refractivity contribution is 0.0681. The SMILES string of the molecule is Cc1cc(C)c([Si]2(c3c(C)cc(C)cc3C)OC(C3CC3c3ccccc3)C2CC(C)(C)C)c(C)c1. The Morgan fingerprint density at radius 3 is 1.67 bits per heavy atom. The molecule has 0 amide bonds. The summed E-state index contributed by atoms with van der Waals surface area (Å²) in [6.45, 7) is 21.1. The molecule has 2 aliphatic rings. The molecular formula is C34H44OSi. The molecule has 0 bridgehead atoms. The highest BCUT2D eigenvalue weighted by Gasteiger charge is 2.67. The summed E-state index contributed by atoms with van der Waals surface area (Å²) in [5.74, 6) is 1.28. The van der Waals surface area contributed by atoms with Crippen molar-refractivity contribution in [3.8, 4) is 0 Å². The summed E-state index contributed by atoms with van der Waals surface area (Å²) >= 11 is 0. The van der Waals surface area contributed by atoms with Crippen molar-refractivity contribution in [2.24, 2.45) is 11.3 Å². The van der Waals surface area contributed by atoms with E-state index in [1.807, 2.05) is 0 Å². The van der Waals surface area contributed by atoms with E-state index in [9.17, 15) is 0 Å². The van der Waals surface area contributed by atoms with Gasteiger partial charge < -0.3 is 4.43 Å². The van der Waals surface area contributed by atoms with Gasteiger partial charge in [0, 0.05) is 5.54 Å². The fourth-order valence-electron chi connectivity index (χ4n) is 7.66. The van der Waals surface area contributed by atoms with Crippen molar-refractivity contribution in [1.82, 2.24) is 0 Å². The molecule has 3 aromatic carbocycles. The highest BCUT2D eigenvalue weighted by molar-refractivity contribution is 7.01. The Kier molecular flexibility index (Phi) is 6.37. The van der Waals surface area contributed by atoms with Gasteiger partial charge >= 0.3 is 0 Å². The van der Waals surface area contributed by atoms with Crippen LogP contribution in [0.25, 0.3) is 0 Å². The zero-order valence-corrected chi connectivity index (χ0v) is 24.8. The quantitative estimate of drug-likeness (QED) is 0.330. The van der Waals surface area contributed by atoms with E-state index < -0.39 is 8.32 Å². The molecule has 1 heterocycles. The lowest BCUT2D eigenvalue weighted by atomic mass is 9.87. The monoisotopic (exact) mass is 496 g/mol. The molecule has 190 valence electrons. The first-order valence-corrected chi connectivity index (χ1v) is 15.8. The number of hydrogen-bond donors (Lipinski definition) is 0. The number of benzene rings is 3. The standard InChI is InChI=1S/C34H44OSi/c1-21-15-23(3)32(24(4)16-21)36(33-25(5)17-22(2)18-26(33)6)30(20-34(7,8)9)31(35-36)29-19-28(29)27-13-11-10-12-14-27/h10-18,28-31H,19-20H2,1-9H3. The minimum absolute atomic E-state index is 0.251. The van der Waals surface area contributed by atoms with Gasteiger partial charge in [0.15, 0.2) is 0 Å². The summed E-state index contributed by atoms with van der Waals surface area (Å²) in [5.41, 5.74) is 10.7. The predicted molar refractivity (Wildman–Crippen MR) is 156 cm³/mol. The van der Waals surface area contributed by atoms with E-state index >= 15 is 0 Å². The third-order valence-electron chi connectivity index (χ3n) is 8.66. The first kappa shape index (κ1) is 25.5. The maximum atomic E-state index is 7.58. The summed E-state index contributed by atoms with van der Waals surface area (Å²) < 4.78 is 7.58. The van der Waals surface area contributed by atoms with E-state index in [-0.39, 0.29) is 5.41 Å². The van der Waals surface area contributed by atoms with Gasteiger partial charge in [-0.2, -0.15) is 0 Å². The minimum atomic E-state index is -2.47. The molecule has 0 spiro atoms. The normalized spacial score (nSPS) is 24.9. The van der Waals surface area contributed by atoms with Crippen molar-refractivity contribution in [3.05, 3.63) is 93.5 Å². The summed E-state index contributed by atoms with van der Waals surface area (Å²) in [7, 11) is -2.47. The van der Waals surface area contributed by atoms with Gasteiger partial charge in [0.25, 0.3) is 8.32 Å². The van der Waals surface area contributed by atoms with Crippen LogP contribution in [-0.2, 0) is 4.43 Å². The van der Waals surface area contributed by atoms with Crippen molar-refractivity contribution in [1.29, 1.82) is 0 Å². The van der Waals surface area contributed by atoms with E-state index in [4.69, 9.17) is 4.43 Å². The van der Waals surface area contributed by atoms with Crippen LogP contribution in [0.5, 0.6) is 0 Å². The molecule has 36 heavy (non-hydrogen) atoms. The Balaban J connectivity index is 1.68. The molecular weight excluding hydrogens is 452 g/mol. The van der Waals surface area contributed by atoms with Crippen LogP contribution in [0, 0.1) is 52.9 Å². The first-order chi connectivity index (χ1) is 16.9. The second-order valence-corrected chi connectivity index (χ2v) is 16.6. The number of hydrogen-bond acceptors (Lipinski definition) is 1. The predicted octanol–water partition coefficient (Wildman–Crippen LogP) is 7.61. The third-order valence-corrected chi connectivity index (χ3v) is 13.9. The van der Waals surface area contributed by atoms with E-state index in [1.54, 1.807) is 10.4 Å². The van der Waals surface area contributed by atoms with Crippen LogP contribution in [0.1, 0.15) is 78.5 Å². The summed E-state index contributed by atoms with van der Waals surface area (Å²) in [6, 6.07) is 20.7. The van der Waals surface area contributed by atoms with Crippen LogP contribution in [0.2, 0.25) is 5.54 Å². The van der Waals surface area contributed by atoms with Crippen molar-refractivity contribution < 1.29 is 4.43 Å². The first-order valence-electron chi connectivity index (χ1n) is 13.8. The molecule has 1 aliphatic carbocycles. The fraction of sp³-hybridized carbons (Fsp3) is 0.471. The Hall–Kier alpha value is -2.16. The van der Waals surface area contributed by atoms with Crippen LogP contribution >= 0.6 is 0 Å². The maximum absolute atomic E-state index is 7.58. The molecule has 1 saturated heterocycles. The van der Waals surface area contributed by atoms with Crippen LogP contribution in [0.15, 0.2) is 54.6 Å². The molecule has 2 fully saturated rings. The third kappa shape index (κ3) is 4.31. The molecule has 0 radical (unpaired) electrons. The van der Waals surface area contributed by atoms with Crippen molar-refractivity contribution in [2.45, 2.75) is 92.7 Å². The molecule has 1 saturated carbocycles. The fourth-order valence-corrected chi connectivity index (χ4v) is 13.9. The topological polar surface area (TPSA) is 9.23 Å². The van der Waals surface area contributed by atoms with Gasteiger partial charge in [-0.25, -0.2) is 0 Å². The molecule has 0 N–H and O–H groups in total. The Morgan fingerprint density at radius 1 is 0.750 bits per heavy atom. The minimum Gasteiger partial charge on any atom is -0.404 e. The second kappa shape index (κ2) is 8.99. The molecule has 0 aromatic heterocycles. The lowest BCUT2D eigenvalue weighted by Gasteiger charge is -2.58. The molecule has 4 unspecified atom stereocenters. The smallest absolute Gasteiger partial charge is 0.262 e. The van der Waals surface area contributed by atoms with Crippen LogP contribution in [-0.4, -0.2) is 14.4 Å². The van der Waals surface area contributed by atoms with E-state index in [2.05, 4.69) is 117 Å². The average Bonchev–Trinajstić information content (AvgIpc) is 3.54. The van der Waals surface area contributed by atoms with Gasteiger partial charge in [-0.15, -0.1) is 0 Å². The number of aryl methyl sites for hydroxylation is 6. The summed E-state index contributed by atoms with van der Waals surface area (Å²) in [6.07, 6.45) is 2.82. The highest BCUT2D eigenvalue weighted by Crippen LogP contribution is 2.61. The van der Waals surface area contributed by atoms with Crippen molar-refractivity contribution in [2.75, 3.05) is 0 Å². The zero-order chi connectivity index (χ0) is 26.0. The van der Waals surface area contributed by atoms with Gasteiger partial charge in [-0.1, -0.05) is 86.5 Å². The van der Waals surface area contributed by atoms with Gasteiger partial charge in [0.1, 0.15) is 0 Å². The van der Waals surface area contributed by atoms with Crippen molar-refractivity contribution >= 4 is 18.7 Å². The molecule has 5 rings (SSSR count). The largest absolute Gasteiger partial charge is 0.404 e. The van der Waals surface area contributed by atoms with Crippen LogP contribution < -0.4 is 10.4 Å². The number of rotatable bonds is 5. The molecule has 4 atom stereocenters. The molecule has 1 nitrogen and oxygen atoms in total. The van der Waals surface area contributed by atoms with Gasteiger partial charge in [-0.3, -0.25) is 0 Å². The van der Waals surface area contributed by atoms with Gasteiger partial charge in [-0.05, 0) is 110 Å². The Bertz CT molecular complexity index is 1180. The Labute approximate surface area is 220 Å². The van der Waals surface area contributed by atoms with Crippen molar-refractivity contribution in [3.63, 3.8) is 0 Å². The summed E-state index contributed by atoms with van der Waals surface area (Å²) in [4.78, 5) is 0. The van der Waals surface area contributed by atoms with E-state index in [0.717, 1.165) is 0 Å². The zero-order valence-electron chi connectivity index (χ0n) is 23.8. The van der Waals surface area contributed by atoms with E-state index in [0.29, 0.717) is 23.5 Å². The van der Waals surface area contributed by atoms with Crippen LogP contribution in [0.3, 0.4) is 0 Å². The highest BCUT2D eigenvalue weighted by atomic mass is 28.4.